The summed E-state index contributed by atoms with van der Waals surface area (Å²) < 4.78 is 4.75. The zero-order valence-electron chi connectivity index (χ0n) is 21.9. The molecule has 1 aromatic carbocycles. The number of pyridine rings is 1. The van der Waals surface area contributed by atoms with Crippen LogP contribution in [0.15, 0.2) is 39.9 Å². The van der Waals surface area contributed by atoms with Gasteiger partial charge in [0.2, 0.25) is 5.95 Å². The fourth-order valence-corrected chi connectivity index (χ4v) is 5.28. The number of aromatic nitrogens is 5. The van der Waals surface area contributed by atoms with Gasteiger partial charge in [0.1, 0.15) is 0 Å². The summed E-state index contributed by atoms with van der Waals surface area (Å²) >= 11 is 0. The van der Waals surface area contributed by atoms with E-state index in [1.165, 1.54) is 4.57 Å². The van der Waals surface area contributed by atoms with E-state index >= 15 is 0 Å². The van der Waals surface area contributed by atoms with Gasteiger partial charge in [0.05, 0.1) is 18.8 Å². The van der Waals surface area contributed by atoms with Crippen molar-refractivity contribution in [3.8, 4) is 11.8 Å². The molecule has 0 aliphatic carbocycles. The Morgan fingerprint density at radius 2 is 1.95 bits per heavy atom. The fraction of sp³-hybridized carbons (Fsp3) is 0.429. The maximum atomic E-state index is 14.1. The van der Waals surface area contributed by atoms with Gasteiger partial charge in [-0.05, 0) is 52.0 Å². The molecule has 9 nitrogen and oxygen atoms in total. The number of fused-ring (bicyclic) bond motifs is 2. The minimum atomic E-state index is -0.395. The van der Waals surface area contributed by atoms with Gasteiger partial charge in [-0.1, -0.05) is 30.2 Å². The Morgan fingerprint density at radius 1 is 1.16 bits per heavy atom. The van der Waals surface area contributed by atoms with Gasteiger partial charge in [-0.25, -0.2) is 4.79 Å². The molecule has 1 fully saturated rings. The Bertz CT molecular complexity index is 1670. The number of nitrogens with two attached hydrogens (primary N) is 1. The van der Waals surface area contributed by atoms with Crippen molar-refractivity contribution in [2.75, 3.05) is 18.0 Å². The van der Waals surface area contributed by atoms with Crippen molar-refractivity contribution in [1.82, 2.24) is 23.7 Å². The number of hydrogen-bond acceptors (Lipinski definition) is 6. The minimum Gasteiger partial charge on any atom is -0.341 e. The fourth-order valence-electron chi connectivity index (χ4n) is 5.28. The zero-order chi connectivity index (χ0) is 26.3. The maximum Gasteiger partial charge on any atom is 0.333 e. The summed E-state index contributed by atoms with van der Waals surface area (Å²) in [6.07, 6.45) is 1.89. The molecule has 192 valence electrons. The highest BCUT2D eigenvalue weighted by atomic mass is 16.2. The zero-order valence-corrected chi connectivity index (χ0v) is 21.9. The quantitative estimate of drug-likeness (QED) is 0.424. The monoisotopic (exact) mass is 499 g/mol. The lowest BCUT2D eigenvalue weighted by Crippen LogP contribution is -2.44. The smallest absolute Gasteiger partial charge is 0.333 e. The number of hydrogen-bond donors (Lipinski definition) is 1. The Kier molecular flexibility index (Phi) is 6.61. The third kappa shape index (κ3) is 4.42. The number of piperidine rings is 1. The number of imidazole rings is 1. The third-order valence-electron chi connectivity index (χ3n) is 6.97. The standard InChI is InChI=1S/C28H33N7O2/c1-5-6-14-33-24-25(31-27(33)32-13-9-11-21(29)16-32)35(18(2)3)28(37)34(26(24)36)17-23-22-12-8-7-10-20(22)15-19(4)30-23/h7-8,10,12,15,18,21H,9,11,13-14,16-17,29H2,1-4H3. The summed E-state index contributed by atoms with van der Waals surface area (Å²) in [5, 5.41) is 1.94. The Balaban J connectivity index is 1.78. The molecule has 0 saturated carbocycles. The van der Waals surface area contributed by atoms with Crippen LogP contribution in [-0.4, -0.2) is 42.8 Å². The van der Waals surface area contributed by atoms with E-state index in [9.17, 15) is 9.59 Å². The van der Waals surface area contributed by atoms with Gasteiger partial charge < -0.3 is 10.6 Å². The molecular weight excluding hydrogens is 466 g/mol. The molecular formula is C28H33N7O2. The summed E-state index contributed by atoms with van der Waals surface area (Å²) in [6.45, 7) is 9.34. The van der Waals surface area contributed by atoms with Crippen LogP contribution < -0.4 is 21.9 Å². The molecule has 0 spiro atoms. The van der Waals surface area contributed by atoms with E-state index in [4.69, 9.17) is 15.7 Å². The van der Waals surface area contributed by atoms with Crippen LogP contribution in [0.25, 0.3) is 21.9 Å². The van der Waals surface area contributed by atoms with Crippen LogP contribution in [0, 0.1) is 18.8 Å². The number of benzene rings is 1. The number of anilines is 1. The van der Waals surface area contributed by atoms with E-state index in [1.807, 2.05) is 55.7 Å². The summed E-state index contributed by atoms with van der Waals surface area (Å²) in [4.78, 5) is 39.6. The van der Waals surface area contributed by atoms with Crippen LogP contribution in [0.3, 0.4) is 0 Å². The first-order valence-electron chi connectivity index (χ1n) is 12.8. The molecule has 0 radical (unpaired) electrons. The molecule has 3 aromatic heterocycles. The van der Waals surface area contributed by atoms with Gasteiger partial charge in [0.25, 0.3) is 5.56 Å². The van der Waals surface area contributed by atoms with Crippen molar-refractivity contribution < 1.29 is 0 Å². The number of rotatable bonds is 5. The second kappa shape index (κ2) is 9.87. The predicted molar refractivity (Wildman–Crippen MR) is 147 cm³/mol. The molecule has 0 amide bonds. The SMILES string of the molecule is CC#CCn1c(N2CCCC(N)C2)nc2c1c(=O)n(Cc1nc(C)cc3ccccc13)c(=O)n2C(C)C. The minimum absolute atomic E-state index is 0.0314. The molecule has 2 N–H and O–H groups in total. The largest absolute Gasteiger partial charge is 0.341 e. The van der Waals surface area contributed by atoms with Crippen molar-refractivity contribution in [3.05, 3.63) is 62.6 Å². The molecule has 1 saturated heterocycles. The lowest BCUT2D eigenvalue weighted by atomic mass is 10.1. The molecule has 4 aromatic rings. The first kappa shape index (κ1) is 24.8. The Labute approximate surface area is 215 Å². The second-order valence-corrected chi connectivity index (χ2v) is 10.0. The van der Waals surface area contributed by atoms with E-state index in [2.05, 4.69) is 16.7 Å². The van der Waals surface area contributed by atoms with E-state index in [0.29, 0.717) is 35.9 Å². The van der Waals surface area contributed by atoms with Gasteiger partial charge in [0, 0.05) is 36.3 Å². The normalized spacial score (nSPS) is 15.9. The highest BCUT2D eigenvalue weighted by molar-refractivity contribution is 5.85. The highest BCUT2D eigenvalue weighted by Gasteiger charge is 2.27. The molecule has 1 aliphatic heterocycles. The Hall–Kier alpha value is -3.90. The molecule has 0 bridgehead atoms. The lowest BCUT2D eigenvalue weighted by molar-refractivity contribution is 0.496. The van der Waals surface area contributed by atoms with Crippen molar-refractivity contribution in [3.63, 3.8) is 0 Å². The molecule has 5 rings (SSSR count). The van der Waals surface area contributed by atoms with Crippen molar-refractivity contribution in [2.24, 2.45) is 5.73 Å². The third-order valence-corrected chi connectivity index (χ3v) is 6.97. The van der Waals surface area contributed by atoms with Gasteiger partial charge in [-0.2, -0.15) is 4.98 Å². The maximum absolute atomic E-state index is 14.1. The molecule has 1 aliphatic rings. The number of aryl methyl sites for hydroxylation is 1. The molecule has 4 heterocycles. The van der Waals surface area contributed by atoms with Crippen LogP contribution in [0.2, 0.25) is 0 Å². The summed E-state index contributed by atoms with van der Waals surface area (Å²) in [6, 6.07) is 9.72. The summed E-state index contributed by atoms with van der Waals surface area (Å²) in [5.41, 5.74) is 7.77. The highest BCUT2D eigenvalue weighted by Crippen LogP contribution is 2.25. The molecule has 1 atom stereocenters. The molecule has 1 unspecified atom stereocenters. The van der Waals surface area contributed by atoms with Crippen molar-refractivity contribution in [1.29, 1.82) is 0 Å². The van der Waals surface area contributed by atoms with Gasteiger partial charge >= 0.3 is 5.69 Å². The van der Waals surface area contributed by atoms with Gasteiger partial charge in [-0.15, -0.1) is 5.92 Å². The van der Waals surface area contributed by atoms with E-state index < -0.39 is 5.69 Å². The Morgan fingerprint density at radius 3 is 2.68 bits per heavy atom. The van der Waals surface area contributed by atoms with Crippen LogP contribution in [0.5, 0.6) is 0 Å². The molecule has 37 heavy (non-hydrogen) atoms. The van der Waals surface area contributed by atoms with E-state index in [0.717, 1.165) is 35.9 Å². The summed E-state index contributed by atoms with van der Waals surface area (Å²) in [7, 11) is 0. The van der Waals surface area contributed by atoms with E-state index in [1.54, 1.807) is 11.5 Å². The topological polar surface area (TPSA) is 104 Å². The first-order valence-corrected chi connectivity index (χ1v) is 12.8. The van der Waals surface area contributed by atoms with Crippen molar-refractivity contribution in [2.45, 2.75) is 65.7 Å². The van der Waals surface area contributed by atoms with Crippen LogP contribution in [0.4, 0.5) is 5.95 Å². The van der Waals surface area contributed by atoms with Gasteiger partial charge in [0.15, 0.2) is 11.2 Å². The first-order chi connectivity index (χ1) is 17.8. The average Bonchev–Trinajstić information content (AvgIpc) is 3.24. The summed E-state index contributed by atoms with van der Waals surface area (Å²) in [5.74, 6) is 6.66. The van der Waals surface area contributed by atoms with Crippen LogP contribution in [0.1, 0.15) is 51.0 Å². The molecule has 9 heteroatoms. The number of nitrogens with zero attached hydrogens (tertiary/aromatic N) is 6. The van der Waals surface area contributed by atoms with Crippen LogP contribution >= 0.6 is 0 Å². The van der Waals surface area contributed by atoms with Crippen molar-refractivity contribution >= 4 is 27.9 Å². The van der Waals surface area contributed by atoms with E-state index in [-0.39, 0.29) is 24.2 Å². The predicted octanol–water partition coefficient (Wildman–Crippen LogP) is 2.80. The average molecular weight is 500 g/mol. The second-order valence-electron chi connectivity index (χ2n) is 10.0. The lowest BCUT2D eigenvalue weighted by Gasteiger charge is -2.31. The van der Waals surface area contributed by atoms with Crippen LogP contribution in [-0.2, 0) is 13.1 Å². The van der Waals surface area contributed by atoms with Gasteiger partial charge in [-0.3, -0.25) is 23.5 Å².